The molecule has 0 amide bonds. The van der Waals surface area contributed by atoms with Crippen molar-refractivity contribution in [2.24, 2.45) is 0 Å². The standard InChI is InChI=1S/C63H112O12/c1-4-7-10-13-16-19-21-23-25-27-28-30-31-33-35-38-40-43-46-49-55(64)71-52-54(73-56(65)50-47-44-42-39-36-34-32-29-26-24-22-20-17-14-11-8-5-2)53-72-63-61(59(68)58(67)60(75-63)62(69)70)74-57(66)51-48-45-41-37-18-15-12-9-6-3/h16,19,23-26,54,58-61,63,67-68H,4-15,17-18,20-22,27-53H2,1-3H3,(H,69,70)/b19-16-,25-23-,26-24-. The lowest BCUT2D eigenvalue weighted by molar-refractivity contribution is -0.301. The maximum absolute atomic E-state index is 13.2. The minimum absolute atomic E-state index is 0.0632. The van der Waals surface area contributed by atoms with Gasteiger partial charge in [-0.1, -0.05) is 231 Å². The maximum atomic E-state index is 13.2. The highest BCUT2D eigenvalue weighted by Gasteiger charge is 2.50. The minimum atomic E-state index is -1.90. The highest BCUT2D eigenvalue weighted by atomic mass is 16.7. The van der Waals surface area contributed by atoms with Crippen molar-refractivity contribution in [2.45, 2.75) is 327 Å². The summed E-state index contributed by atoms with van der Waals surface area (Å²) in [6, 6.07) is 0. The Hall–Kier alpha value is -3.06. The van der Waals surface area contributed by atoms with E-state index in [0.717, 1.165) is 89.9 Å². The molecule has 75 heavy (non-hydrogen) atoms. The second kappa shape index (κ2) is 51.7. The van der Waals surface area contributed by atoms with Gasteiger partial charge >= 0.3 is 23.9 Å². The van der Waals surface area contributed by atoms with Gasteiger partial charge in [-0.05, 0) is 77.0 Å². The van der Waals surface area contributed by atoms with E-state index in [1.165, 1.54) is 141 Å². The summed E-state index contributed by atoms with van der Waals surface area (Å²) in [5.41, 5.74) is 0. The van der Waals surface area contributed by atoms with E-state index < -0.39 is 67.3 Å². The van der Waals surface area contributed by atoms with Crippen LogP contribution in [-0.2, 0) is 42.9 Å². The first kappa shape index (κ1) is 70.0. The number of aliphatic hydroxyl groups is 2. The Morgan fingerprint density at radius 3 is 1.24 bits per heavy atom. The number of hydrogen-bond donors (Lipinski definition) is 3. The highest BCUT2D eigenvalue weighted by Crippen LogP contribution is 2.27. The van der Waals surface area contributed by atoms with E-state index in [4.69, 9.17) is 23.7 Å². The average molecular weight is 1060 g/mol. The van der Waals surface area contributed by atoms with Crippen LogP contribution < -0.4 is 0 Å². The molecule has 3 N–H and O–H groups in total. The monoisotopic (exact) mass is 1060 g/mol. The first-order chi connectivity index (χ1) is 36.6. The van der Waals surface area contributed by atoms with Gasteiger partial charge in [-0.2, -0.15) is 0 Å². The Kier molecular flexibility index (Phi) is 48.2. The van der Waals surface area contributed by atoms with E-state index in [0.29, 0.717) is 19.3 Å². The van der Waals surface area contributed by atoms with Crippen LogP contribution in [0.25, 0.3) is 0 Å². The van der Waals surface area contributed by atoms with E-state index in [2.05, 4.69) is 57.2 Å². The molecule has 0 aromatic heterocycles. The van der Waals surface area contributed by atoms with Crippen LogP contribution in [0.15, 0.2) is 36.5 Å². The van der Waals surface area contributed by atoms with E-state index in [1.807, 2.05) is 0 Å². The smallest absolute Gasteiger partial charge is 0.335 e. The molecule has 1 saturated heterocycles. The topological polar surface area (TPSA) is 175 Å². The number of carbonyl (C=O) groups is 4. The predicted molar refractivity (Wildman–Crippen MR) is 303 cm³/mol. The van der Waals surface area contributed by atoms with Gasteiger partial charge in [0.1, 0.15) is 18.8 Å². The fraction of sp³-hybridized carbons (Fsp3) is 0.841. The molecular weight excluding hydrogens is 949 g/mol. The van der Waals surface area contributed by atoms with Crippen LogP contribution in [0.1, 0.15) is 290 Å². The van der Waals surface area contributed by atoms with Gasteiger partial charge < -0.3 is 39.0 Å². The molecular formula is C63H112O12. The molecule has 0 radical (unpaired) electrons. The molecule has 12 nitrogen and oxygen atoms in total. The molecule has 1 heterocycles. The number of rotatable bonds is 53. The van der Waals surface area contributed by atoms with Crippen molar-refractivity contribution < 1.29 is 58.2 Å². The molecule has 0 saturated carbocycles. The Morgan fingerprint density at radius 2 is 0.800 bits per heavy atom. The Morgan fingerprint density at radius 1 is 0.440 bits per heavy atom. The minimum Gasteiger partial charge on any atom is -0.479 e. The van der Waals surface area contributed by atoms with Gasteiger partial charge in [-0.15, -0.1) is 0 Å². The lowest BCUT2D eigenvalue weighted by Gasteiger charge is -2.40. The first-order valence-electron chi connectivity index (χ1n) is 31.0. The molecule has 1 rings (SSSR count). The fourth-order valence-electron chi connectivity index (χ4n) is 9.39. The molecule has 1 fully saturated rings. The SMILES string of the molecule is CCCCC/C=C\C/C=C\CCCCCCCCCCCC(=O)OCC(COC1OC(C(=O)O)C(O)C(O)C1OC(=O)CCCCCCCCCCC)OC(=O)CCCCCCCCC/C=C\CCCCCCCC. The predicted octanol–water partition coefficient (Wildman–Crippen LogP) is 16.0. The van der Waals surface area contributed by atoms with E-state index >= 15 is 0 Å². The molecule has 436 valence electrons. The molecule has 0 aromatic rings. The third-order valence-corrected chi connectivity index (χ3v) is 14.2. The van der Waals surface area contributed by atoms with Crippen molar-refractivity contribution in [1.29, 1.82) is 0 Å². The van der Waals surface area contributed by atoms with Gasteiger partial charge in [-0.25, -0.2) is 4.79 Å². The number of unbranched alkanes of at least 4 members (excludes halogenated alkanes) is 33. The normalized spacial score (nSPS) is 18.3. The Labute approximate surface area is 457 Å². The van der Waals surface area contributed by atoms with Crippen LogP contribution >= 0.6 is 0 Å². The molecule has 1 aliphatic rings. The van der Waals surface area contributed by atoms with Crippen molar-refractivity contribution in [3.8, 4) is 0 Å². The summed E-state index contributed by atoms with van der Waals surface area (Å²) < 4.78 is 28.4. The fourth-order valence-corrected chi connectivity index (χ4v) is 9.39. The van der Waals surface area contributed by atoms with E-state index in [-0.39, 0.29) is 25.9 Å². The Balaban J connectivity index is 2.63. The van der Waals surface area contributed by atoms with Crippen LogP contribution in [0.3, 0.4) is 0 Å². The number of esters is 3. The zero-order valence-corrected chi connectivity index (χ0v) is 48.1. The molecule has 0 spiro atoms. The van der Waals surface area contributed by atoms with Crippen molar-refractivity contribution in [2.75, 3.05) is 13.2 Å². The van der Waals surface area contributed by atoms with Crippen LogP contribution in [0.2, 0.25) is 0 Å². The number of carboxylic acids is 1. The lowest BCUT2D eigenvalue weighted by atomic mass is 9.98. The zero-order valence-electron chi connectivity index (χ0n) is 48.1. The molecule has 6 unspecified atom stereocenters. The van der Waals surface area contributed by atoms with Crippen LogP contribution in [-0.4, -0.2) is 89.2 Å². The molecule has 0 bridgehead atoms. The van der Waals surface area contributed by atoms with Gasteiger partial charge in [0.2, 0.25) is 0 Å². The van der Waals surface area contributed by atoms with Crippen LogP contribution in [0, 0.1) is 0 Å². The third kappa shape index (κ3) is 41.7. The molecule has 0 aliphatic carbocycles. The quantitative estimate of drug-likeness (QED) is 0.0228. The van der Waals surface area contributed by atoms with Gasteiger partial charge in [0.25, 0.3) is 0 Å². The van der Waals surface area contributed by atoms with Crippen molar-refractivity contribution in [3.63, 3.8) is 0 Å². The number of carbonyl (C=O) groups excluding carboxylic acids is 3. The highest BCUT2D eigenvalue weighted by molar-refractivity contribution is 5.74. The molecule has 6 atom stereocenters. The van der Waals surface area contributed by atoms with E-state index in [1.54, 1.807) is 0 Å². The van der Waals surface area contributed by atoms with Crippen molar-refractivity contribution in [1.82, 2.24) is 0 Å². The van der Waals surface area contributed by atoms with Crippen LogP contribution in [0.4, 0.5) is 0 Å². The summed E-state index contributed by atoms with van der Waals surface area (Å²) in [6.45, 7) is 5.95. The van der Waals surface area contributed by atoms with Crippen LogP contribution in [0.5, 0.6) is 0 Å². The number of hydrogen-bond acceptors (Lipinski definition) is 11. The second-order valence-corrected chi connectivity index (χ2v) is 21.3. The molecule has 0 aromatic carbocycles. The summed E-state index contributed by atoms with van der Waals surface area (Å²) in [5, 5.41) is 31.4. The number of allylic oxidation sites excluding steroid dienone is 6. The summed E-state index contributed by atoms with van der Waals surface area (Å²) in [5.74, 6) is -3.11. The summed E-state index contributed by atoms with van der Waals surface area (Å²) in [4.78, 5) is 51.1. The first-order valence-corrected chi connectivity index (χ1v) is 31.0. The summed E-state index contributed by atoms with van der Waals surface area (Å²) >= 11 is 0. The number of aliphatic hydroxyl groups excluding tert-OH is 2. The molecule has 12 heteroatoms. The zero-order chi connectivity index (χ0) is 54.7. The lowest BCUT2D eigenvalue weighted by Crippen LogP contribution is -2.61. The average Bonchev–Trinajstić information content (AvgIpc) is 3.39. The van der Waals surface area contributed by atoms with Gasteiger partial charge in [0.05, 0.1) is 6.61 Å². The van der Waals surface area contributed by atoms with Gasteiger partial charge in [-0.3, -0.25) is 14.4 Å². The van der Waals surface area contributed by atoms with E-state index in [9.17, 15) is 34.5 Å². The number of ether oxygens (including phenoxy) is 5. The van der Waals surface area contributed by atoms with Crippen molar-refractivity contribution in [3.05, 3.63) is 36.5 Å². The Bertz CT molecular complexity index is 1450. The van der Waals surface area contributed by atoms with Gasteiger partial charge in [0, 0.05) is 19.3 Å². The molecule has 1 aliphatic heterocycles. The van der Waals surface area contributed by atoms with Crippen molar-refractivity contribution >= 4 is 23.9 Å². The van der Waals surface area contributed by atoms with Gasteiger partial charge in [0.15, 0.2) is 24.6 Å². The summed E-state index contributed by atoms with van der Waals surface area (Å²) in [6.07, 6.45) is 48.4. The number of carboxylic acid groups (broad SMARTS) is 1. The number of aliphatic carboxylic acids is 1. The maximum Gasteiger partial charge on any atom is 0.335 e. The summed E-state index contributed by atoms with van der Waals surface area (Å²) in [7, 11) is 0. The largest absolute Gasteiger partial charge is 0.479 e. The second-order valence-electron chi connectivity index (χ2n) is 21.3. The third-order valence-electron chi connectivity index (χ3n) is 14.2.